The summed E-state index contributed by atoms with van der Waals surface area (Å²) in [5, 5.41) is 0. The van der Waals surface area contributed by atoms with Crippen LogP contribution in [0.3, 0.4) is 0 Å². The molecule has 0 amide bonds. The maximum Gasteiger partial charge on any atom is 0.310 e. The summed E-state index contributed by atoms with van der Waals surface area (Å²) in [6.07, 6.45) is 3.77. The van der Waals surface area contributed by atoms with Crippen molar-refractivity contribution in [2.45, 2.75) is 13.3 Å². The summed E-state index contributed by atoms with van der Waals surface area (Å²) < 4.78 is 4.92. The lowest BCUT2D eigenvalue weighted by Crippen LogP contribution is -2.08. The minimum atomic E-state index is -0.216. The quantitative estimate of drug-likeness (QED) is 0.707. The maximum atomic E-state index is 11.4. The topological polar surface area (TPSA) is 26.3 Å². The van der Waals surface area contributed by atoms with Crippen molar-refractivity contribution in [3.05, 3.63) is 48.0 Å². The molecular weight excluding hydrogens is 200 g/mol. The molecule has 0 aliphatic carbocycles. The van der Waals surface area contributed by atoms with Crippen molar-refractivity contribution >= 4 is 18.1 Å². The van der Waals surface area contributed by atoms with E-state index in [0.717, 1.165) is 16.7 Å². The maximum absolute atomic E-state index is 11.4. The number of hydrogen-bond donors (Lipinski definition) is 0. The van der Waals surface area contributed by atoms with Gasteiger partial charge in [-0.2, -0.15) is 0 Å². The van der Waals surface area contributed by atoms with Gasteiger partial charge in [-0.25, -0.2) is 0 Å². The van der Waals surface area contributed by atoms with E-state index in [-0.39, 0.29) is 12.4 Å². The highest BCUT2D eigenvalue weighted by Crippen LogP contribution is 2.18. The Morgan fingerprint density at radius 1 is 1.38 bits per heavy atom. The lowest BCUT2D eigenvalue weighted by molar-refractivity contribution is -0.142. The molecule has 1 aromatic carbocycles. The average molecular weight is 216 g/mol. The van der Waals surface area contributed by atoms with Crippen molar-refractivity contribution in [3.63, 3.8) is 0 Å². The molecule has 0 atom stereocenters. The van der Waals surface area contributed by atoms with Gasteiger partial charge in [-0.05, 0) is 23.6 Å². The number of ether oxygens (including phenoxy) is 1. The van der Waals surface area contributed by atoms with Gasteiger partial charge in [-0.15, -0.1) is 0 Å². The second-order valence-corrected chi connectivity index (χ2v) is 3.31. The monoisotopic (exact) mass is 216 g/mol. The molecule has 1 rings (SSSR count). The van der Waals surface area contributed by atoms with Gasteiger partial charge in [0.2, 0.25) is 0 Å². The van der Waals surface area contributed by atoms with Crippen LogP contribution in [0.5, 0.6) is 0 Å². The zero-order valence-corrected chi connectivity index (χ0v) is 9.53. The van der Waals surface area contributed by atoms with Gasteiger partial charge < -0.3 is 4.74 Å². The summed E-state index contributed by atoms with van der Waals surface area (Å²) in [7, 11) is 0. The largest absolute Gasteiger partial charge is 0.466 e. The van der Waals surface area contributed by atoms with Crippen LogP contribution < -0.4 is 0 Å². The molecule has 16 heavy (non-hydrogen) atoms. The van der Waals surface area contributed by atoms with Gasteiger partial charge in [0.05, 0.1) is 13.0 Å². The van der Waals surface area contributed by atoms with E-state index in [0.29, 0.717) is 6.61 Å². The summed E-state index contributed by atoms with van der Waals surface area (Å²) in [5.74, 6) is -0.216. The Kier molecular flexibility index (Phi) is 4.52. The normalized spacial score (nSPS) is 9.56. The molecule has 0 aliphatic heterocycles. The van der Waals surface area contributed by atoms with Crippen molar-refractivity contribution in [1.29, 1.82) is 0 Å². The molecule has 0 radical (unpaired) electrons. The van der Waals surface area contributed by atoms with E-state index in [1.165, 1.54) is 0 Å². The highest BCUT2D eigenvalue weighted by atomic mass is 16.5. The summed E-state index contributed by atoms with van der Waals surface area (Å²) in [6.45, 7) is 9.69. The van der Waals surface area contributed by atoms with Gasteiger partial charge in [0.25, 0.3) is 0 Å². The third-order valence-corrected chi connectivity index (χ3v) is 2.29. The molecule has 0 fully saturated rings. The molecule has 0 unspecified atom stereocenters. The molecule has 0 spiro atoms. The van der Waals surface area contributed by atoms with E-state index in [1.807, 2.05) is 18.2 Å². The molecule has 0 N–H and O–H groups in total. The molecule has 0 saturated carbocycles. The Balaban J connectivity index is 2.99. The summed E-state index contributed by atoms with van der Waals surface area (Å²) in [4.78, 5) is 11.4. The van der Waals surface area contributed by atoms with E-state index < -0.39 is 0 Å². The first-order chi connectivity index (χ1) is 7.72. The summed E-state index contributed by atoms with van der Waals surface area (Å²) in [6, 6.07) is 5.75. The van der Waals surface area contributed by atoms with Crippen LogP contribution in [0, 0.1) is 0 Å². The predicted octanol–water partition coefficient (Wildman–Crippen LogP) is 3.08. The smallest absolute Gasteiger partial charge is 0.310 e. The number of esters is 1. The van der Waals surface area contributed by atoms with E-state index >= 15 is 0 Å². The van der Waals surface area contributed by atoms with Crippen molar-refractivity contribution < 1.29 is 9.53 Å². The van der Waals surface area contributed by atoms with Gasteiger partial charge in [0, 0.05) is 0 Å². The van der Waals surface area contributed by atoms with Gasteiger partial charge in [-0.1, -0.05) is 43.5 Å². The van der Waals surface area contributed by atoms with Gasteiger partial charge in [-0.3, -0.25) is 4.79 Å². The third kappa shape index (κ3) is 2.83. The fourth-order valence-electron chi connectivity index (χ4n) is 1.58. The minimum Gasteiger partial charge on any atom is -0.466 e. The molecule has 0 heterocycles. The molecule has 0 bridgehead atoms. The average Bonchev–Trinajstić information content (AvgIpc) is 2.29. The van der Waals surface area contributed by atoms with Crippen molar-refractivity contribution in [2.75, 3.05) is 6.61 Å². The first-order valence-electron chi connectivity index (χ1n) is 5.25. The third-order valence-electron chi connectivity index (χ3n) is 2.29. The number of carbonyl (C=O) groups is 1. The lowest BCUT2D eigenvalue weighted by Gasteiger charge is -2.08. The number of hydrogen-bond acceptors (Lipinski definition) is 2. The van der Waals surface area contributed by atoms with E-state index in [4.69, 9.17) is 4.74 Å². The molecule has 0 aliphatic rings. The Morgan fingerprint density at radius 3 is 2.69 bits per heavy atom. The van der Waals surface area contributed by atoms with E-state index in [9.17, 15) is 4.79 Å². The SMILES string of the molecule is C=Cc1cccc(CC(=O)OCC)c1C=C. The van der Waals surface area contributed by atoms with E-state index in [2.05, 4.69) is 13.2 Å². The first kappa shape index (κ1) is 12.2. The summed E-state index contributed by atoms with van der Waals surface area (Å²) >= 11 is 0. The Hall–Kier alpha value is -1.83. The predicted molar refractivity (Wildman–Crippen MR) is 67.0 cm³/mol. The second-order valence-electron chi connectivity index (χ2n) is 3.31. The Labute approximate surface area is 96.2 Å². The molecule has 0 aromatic heterocycles. The first-order valence-corrected chi connectivity index (χ1v) is 5.25. The van der Waals surface area contributed by atoms with Crippen molar-refractivity contribution in [2.24, 2.45) is 0 Å². The number of carbonyl (C=O) groups excluding carboxylic acids is 1. The van der Waals surface area contributed by atoms with Gasteiger partial charge in [0.1, 0.15) is 0 Å². The van der Waals surface area contributed by atoms with Crippen molar-refractivity contribution in [3.8, 4) is 0 Å². The number of rotatable bonds is 5. The highest BCUT2D eigenvalue weighted by molar-refractivity contribution is 5.76. The fourth-order valence-corrected chi connectivity index (χ4v) is 1.58. The van der Waals surface area contributed by atoms with Crippen LogP contribution >= 0.6 is 0 Å². The van der Waals surface area contributed by atoms with Crippen LogP contribution in [0.4, 0.5) is 0 Å². The summed E-state index contributed by atoms with van der Waals surface area (Å²) in [5.41, 5.74) is 2.85. The van der Waals surface area contributed by atoms with Crippen LogP contribution in [0.15, 0.2) is 31.4 Å². The zero-order valence-electron chi connectivity index (χ0n) is 9.53. The standard InChI is InChI=1S/C14H16O2/c1-4-11-8-7-9-12(13(11)5-2)10-14(15)16-6-3/h4-5,7-9H,1-2,6,10H2,3H3. The Bertz CT molecular complexity index is 405. The zero-order chi connectivity index (χ0) is 12.0. The molecule has 84 valence electrons. The van der Waals surface area contributed by atoms with Crippen LogP contribution in [0.25, 0.3) is 12.2 Å². The van der Waals surface area contributed by atoms with Gasteiger partial charge in [0.15, 0.2) is 0 Å². The molecule has 1 aromatic rings. The van der Waals surface area contributed by atoms with Crippen LogP contribution in [0.1, 0.15) is 23.6 Å². The molecule has 2 heteroatoms. The van der Waals surface area contributed by atoms with Crippen molar-refractivity contribution in [1.82, 2.24) is 0 Å². The molecule has 2 nitrogen and oxygen atoms in total. The molecular formula is C14H16O2. The van der Waals surface area contributed by atoms with Gasteiger partial charge >= 0.3 is 5.97 Å². The minimum absolute atomic E-state index is 0.216. The second kappa shape index (κ2) is 5.91. The Morgan fingerprint density at radius 2 is 2.12 bits per heavy atom. The van der Waals surface area contributed by atoms with Crippen LogP contribution in [-0.2, 0) is 16.0 Å². The van der Waals surface area contributed by atoms with E-state index in [1.54, 1.807) is 19.1 Å². The number of benzene rings is 1. The fraction of sp³-hybridized carbons (Fsp3) is 0.214. The van der Waals surface area contributed by atoms with Crippen LogP contribution in [0.2, 0.25) is 0 Å². The highest BCUT2D eigenvalue weighted by Gasteiger charge is 2.08. The lowest BCUT2D eigenvalue weighted by atomic mass is 9.99. The van der Waals surface area contributed by atoms with Crippen LogP contribution in [-0.4, -0.2) is 12.6 Å². The molecule has 0 saturated heterocycles.